The van der Waals surface area contributed by atoms with Gasteiger partial charge in [0.15, 0.2) is 5.65 Å². The number of H-pyrrole nitrogens is 1. The van der Waals surface area contributed by atoms with Crippen LogP contribution in [-0.4, -0.2) is 86.2 Å². The molecule has 2 amide bonds. The Kier molecular flexibility index (Phi) is 9.22. The van der Waals surface area contributed by atoms with E-state index in [9.17, 15) is 14.4 Å². The number of piperidine rings is 1. The summed E-state index contributed by atoms with van der Waals surface area (Å²) >= 11 is 1.48. The van der Waals surface area contributed by atoms with Crippen LogP contribution < -0.4 is 15.9 Å². The SMILES string of the molecule is C[C@@H]1CN(c2c(F)cccc2[C@@H]2S[C@@H](CC(=O)N3CCC(n4c(=O)[nH]c5ncccc54)CC3)C(=O)N2CCC(C)(C)C)C[C@H](C)N1. The summed E-state index contributed by atoms with van der Waals surface area (Å²) < 4.78 is 17.4. The third kappa shape index (κ3) is 6.69. The smallest absolute Gasteiger partial charge is 0.327 e. The van der Waals surface area contributed by atoms with Gasteiger partial charge in [-0.3, -0.25) is 19.1 Å². The Hall–Kier alpha value is -3.38. The predicted molar refractivity (Wildman–Crippen MR) is 180 cm³/mol. The molecular weight excluding hydrogens is 605 g/mol. The van der Waals surface area contributed by atoms with E-state index in [0.29, 0.717) is 56.9 Å². The maximum absolute atomic E-state index is 15.7. The molecule has 3 aromatic rings. The van der Waals surface area contributed by atoms with Crippen LogP contribution in [0.3, 0.4) is 0 Å². The third-order valence-corrected chi connectivity index (χ3v) is 10.9. The maximum atomic E-state index is 15.7. The number of nitrogens with one attached hydrogen (secondary N) is 2. The second-order valence-corrected chi connectivity index (χ2v) is 15.6. The minimum atomic E-state index is -0.547. The number of likely N-dealkylation sites (tertiary alicyclic amines) is 1. The largest absolute Gasteiger partial charge is 0.366 e. The molecule has 6 rings (SSSR count). The van der Waals surface area contributed by atoms with E-state index in [4.69, 9.17) is 0 Å². The molecule has 0 unspecified atom stereocenters. The van der Waals surface area contributed by atoms with E-state index in [1.165, 1.54) is 17.8 Å². The molecular formula is C34H46FN7O3S. The van der Waals surface area contributed by atoms with Gasteiger partial charge in [0.1, 0.15) is 11.2 Å². The number of aromatic nitrogens is 3. The van der Waals surface area contributed by atoms with E-state index >= 15 is 4.39 Å². The summed E-state index contributed by atoms with van der Waals surface area (Å²) in [5.41, 5.74) is 2.51. The van der Waals surface area contributed by atoms with Crippen molar-refractivity contribution in [2.45, 2.75) is 89.1 Å². The molecule has 0 spiro atoms. The van der Waals surface area contributed by atoms with Crippen molar-refractivity contribution < 1.29 is 14.0 Å². The van der Waals surface area contributed by atoms with Crippen LogP contribution in [0, 0.1) is 11.2 Å². The lowest BCUT2D eigenvalue weighted by Gasteiger charge is -2.39. The number of para-hydroxylation sites is 1. The second kappa shape index (κ2) is 13.0. The molecule has 3 aliphatic rings. The highest BCUT2D eigenvalue weighted by Gasteiger charge is 2.44. The molecule has 2 N–H and O–H groups in total. The fraction of sp³-hybridized carbons (Fsp3) is 0.588. The number of piperazine rings is 1. The van der Waals surface area contributed by atoms with Gasteiger partial charge in [0.25, 0.3) is 0 Å². The normalized spacial score (nSPS) is 24.7. The first-order valence-corrected chi connectivity index (χ1v) is 17.4. The van der Waals surface area contributed by atoms with Crippen LogP contribution in [0.15, 0.2) is 41.3 Å². The van der Waals surface area contributed by atoms with Crippen molar-refractivity contribution in [3.8, 4) is 0 Å². The molecule has 46 heavy (non-hydrogen) atoms. The summed E-state index contributed by atoms with van der Waals surface area (Å²) in [6, 6.07) is 9.25. The van der Waals surface area contributed by atoms with Gasteiger partial charge >= 0.3 is 5.69 Å². The topological polar surface area (TPSA) is 107 Å². The highest BCUT2D eigenvalue weighted by atomic mass is 32.2. The zero-order chi connectivity index (χ0) is 32.7. The Morgan fingerprint density at radius 2 is 1.78 bits per heavy atom. The minimum absolute atomic E-state index is 0.00470. The number of hydrogen-bond donors (Lipinski definition) is 2. The van der Waals surface area contributed by atoms with Crippen molar-refractivity contribution >= 4 is 40.4 Å². The number of hydrogen-bond acceptors (Lipinski definition) is 7. The van der Waals surface area contributed by atoms with E-state index in [2.05, 4.69) is 54.8 Å². The average molecular weight is 652 g/mol. The Bertz CT molecular complexity index is 1630. The molecule has 0 aliphatic carbocycles. The first kappa shape index (κ1) is 32.6. The number of amides is 2. The van der Waals surface area contributed by atoms with Gasteiger partial charge in [-0.05, 0) is 56.7 Å². The van der Waals surface area contributed by atoms with Gasteiger partial charge in [0, 0.05) is 69.0 Å². The lowest BCUT2D eigenvalue weighted by atomic mass is 9.92. The molecule has 3 fully saturated rings. The molecule has 12 heteroatoms. The van der Waals surface area contributed by atoms with Gasteiger partial charge in [0.2, 0.25) is 11.8 Å². The average Bonchev–Trinajstić information content (AvgIpc) is 3.50. The van der Waals surface area contributed by atoms with Crippen LogP contribution in [0.1, 0.15) is 77.3 Å². The Labute approximate surface area is 274 Å². The number of pyridine rings is 1. The van der Waals surface area contributed by atoms with Crippen LogP contribution in [0.4, 0.5) is 10.1 Å². The molecule has 0 saturated carbocycles. The predicted octanol–water partition coefficient (Wildman–Crippen LogP) is 4.68. The number of nitrogens with zero attached hydrogens (tertiary/aromatic N) is 5. The van der Waals surface area contributed by atoms with Crippen LogP contribution in [0.2, 0.25) is 0 Å². The molecule has 5 heterocycles. The van der Waals surface area contributed by atoms with E-state index in [-0.39, 0.29) is 58.7 Å². The number of anilines is 1. The third-order valence-electron chi connectivity index (χ3n) is 9.43. The first-order valence-electron chi connectivity index (χ1n) is 16.5. The summed E-state index contributed by atoms with van der Waals surface area (Å²) in [5.74, 6) is -0.398. The first-order chi connectivity index (χ1) is 21.9. The molecule has 4 atom stereocenters. The van der Waals surface area contributed by atoms with Gasteiger partial charge in [-0.25, -0.2) is 14.2 Å². The summed E-state index contributed by atoms with van der Waals surface area (Å²) in [6.45, 7) is 13.6. The highest BCUT2D eigenvalue weighted by molar-refractivity contribution is 8.01. The van der Waals surface area contributed by atoms with Crippen LogP contribution >= 0.6 is 11.8 Å². The van der Waals surface area contributed by atoms with E-state index in [1.54, 1.807) is 16.8 Å². The van der Waals surface area contributed by atoms with Crippen molar-refractivity contribution in [1.29, 1.82) is 0 Å². The van der Waals surface area contributed by atoms with Gasteiger partial charge in [-0.2, -0.15) is 0 Å². The Morgan fingerprint density at radius 1 is 1.07 bits per heavy atom. The fourth-order valence-corrected chi connectivity index (χ4v) is 8.70. The monoisotopic (exact) mass is 651 g/mol. The maximum Gasteiger partial charge on any atom is 0.327 e. The number of halogens is 1. The quantitative estimate of drug-likeness (QED) is 0.382. The van der Waals surface area contributed by atoms with Crippen molar-refractivity contribution in [3.63, 3.8) is 0 Å². The minimum Gasteiger partial charge on any atom is -0.366 e. The van der Waals surface area contributed by atoms with E-state index < -0.39 is 5.25 Å². The molecule has 3 aliphatic heterocycles. The summed E-state index contributed by atoms with van der Waals surface area (Å²) in [5, 5.41) is 2.59. The summed E-state index contributed by atoms with van der Waals surface area (Å²) in [7, 11) is 0. The Balaban J connectivity index is 1.19. The standard InChI is InChI=1S/C34H46FN7O3S/c1-21-19-40(20-22(2)37-21)29-24(8-6-9-25(29)35)32-41(17-13-34(3,4)5)31(44)27(46-32)18-28(43)39-15-11-23(12-16-39)42-26-10-7-14-36-30(26)38-33(42)45/h6-10,14,21-23,27,32,37H,11-13,15-20H2,1-5H3,(H,36,38,45)/t21-,22+,27-,32-/m0/s1. The van der Waals surface area contributed by atoms with Gasteiger partial charge < -0.3 is 20.0 Å². The zero-order valence-corrected chi connectivity index (χ0v) is 28.3. The van der Waals surface area contributed by atoms with Crippen LogP contribution in [0.25, 0.3) is 11.2 Å². The number of aromatic amines is 1. The number of imidazole rings is 1. The number of fused-ring (bicyclic) bond motifs is 1. The summed E-state index contributed by atoms with van der Waals surface area (Å²) in [4.78, 5) is 53.3. The van der Waals surface area contributed by atoms with Crippen molar-refractivity contribution in [1.82, 2.24) is 29.7 Å². The van der Waals surface area contributed by atoms with Crippen molar-refractivity contribution in [2.75, 3.05) is 37.6 Å². The fourth-order valence-electron chi connectivity index (χ4n) is 7.20. The number of rotatable bonds is 7. The molecule has 1 aromatic carbocycles. The van der Waals surface area contributed by atoms with Crippen molar-refractivity contribution in [3.05, 3.63) is 58.4 Å². The molecule has 3 saturated heterocycles. The summed E-state index contributed by atoms with van der Waals surface area (Å²) in [6.07, 6.45) is 3.84. The molecule has 2 aromatic heterocycles. The van der Waals surface area contributed by atoms with Gasteiger partial charge in [-0.1, -0.05) is 32.9 Å². The van der Waals surface area contributed by atoms with Gasteiger partial charge in [-0.15, -0.1) is 11.8 Å². The molecule has 0 bridgehead atoms. The number of carbonyl (C=O) groups excluding carboxylic acids is 2. The van der Waals surface area contributed by atoms with Crippen LogP contribution in [0.5, 0.6) is 0 Å². The van der Waals surface area contributed by atoms with E-state index in [0.717, 1.165) is 17.5 Å². The van der Waals surface area contributed by atoms with Crippen LogP contribution in [-0.2, 0) is 9.59 Å². The van der Waals surface area contributed by atoms with Gasteiger partial charge in [0.05, 0.1) is 16.5 Å². The Morgan fingerprint density at radius 3 is 2.48 bits per heavy atom. The van der Waals surface area contributed by atoms with Crippen molar-refractivity contribution in [2.24, 2.45) is 5.41 Å². The van der Waals surface area contributed by atoms with E-state index in [1.807, 2.05) is 28.0 Å². The highest BCUT2D eigenvalue weighted by Crippen LogP contribution is 2.48. The lowest BCUT2D eigenvalue weighted by molar-refractivity contribution is -0.136. The molecule has 0 radical (unpaired) electrons. The zero-order valence-electron chi connectivity index (χ0n) is 27.5. The molecule has 10 nitrogen and oxygen atoms in total. The number of benzene rings is 1. The second-order valence-electron chi connectivity index (χ2n) is 14.4. The molecule has 248 valence electrons. The lowest BCUT2D eigenvalue weighted by Crippen LogP contribution is -2.54. The number of carbonyl (C=O) groups is 2. The number of thioether (sulfide) groups is 1.